The van der Waals surface area contributed by atoms with Gasteiger partial charge in [-0.25, -0.2) is 13.2 Å². The molecular formula is C26H23N3O7S2. The van der Waals surface area contributed by atoms with Crippen molar-refractivity contribution in [2.24, 2.45) is 0 Å². The van der Waals surface area contributed by atoms with E-state index in [1.807, 2.05) is 0 Å². The first-order chi connectivity index (χ1) is 18.1. The number of hydrogen-bond donors (Lipinski definition) is 4. The van der Waals surface area contributed by atoms with E-state index in [4.69, 9.17) is 0 Å². The molecule has 3 amide bonds. The van der Waals surface area contributed by atoms with Crippen LogP contribution in [0.15, 0.2) is 83.8 Å². The van der Waals surface area contributed by atoms with Crippen molar-refractivity contribution in [3.05, 3.63) is 95.6 Å². The Bertz CT molecular complexity index is 1480. The molecule has 1 aliphatic heterocycles. The van der Waals surface area contributed by atoms with Gasteiger partial charge in [-0.3, -0.25) is 24.4 Å². The Kier molecular flexibility index (Phi) is 8.13. The molecule has 38 heavy (non-hydrogen) atoms. The summed E-state index contributed by atoms with van der Waals surface area (Å²) in [6.45, 7) is 0. The van der Waals surface area contributed by atoms with Crippen LogP contribution in [0.4, 0.5) is 10.5 Å². The van der Waals surface area contributed by atoms with Crippen molar-refractivity contribution in [2.75, 3.05) is 4.72 Å². The SMILES string of the molecule is O=C1NC(=O)C(Cc2ccc(S(=O)(=O)Nc3cccc(C(=O)N[C@@H](Cc4ccccc4)C(=O)O)c3)cc2)S1. The van der Waals surface area contributed by atoms with Crippen molar-refractivity contribution < 1.29 is 32.7 Å². The monoisotopic (exact) mass is 553 g/mol. The van der Waals surface area contributed by atoms with Gasteiger partial charge in [-0.2, -0.15) is 0 Å². The Morgan fingerprint density at radius 2 is 1.66 bits per heavy atom. The van der Waals surface area contributed by atoms with Crippen LogP contribution in [0, 0.1) is 0 Å². The lowest BCUT2D eigenvalue weighted by Crippen LogP contribution is -2.42. The van der Waals surface area contributed by atoms with Gasteiger partial charge in [-0.15, -0.1) is 0 Å². The third-order valence-corrected chi connectivity index (χ3v) is 8.06. The maximum absolute atomic E-state index is 12.9. The zero-order chi connectivity index (χ0) is 27.3. The first kappa shape index (κ1) is 26.9. The van der Waals surface area contributed by atoms with Crippen LogP contribution in [-0.2, 0) is 32.5 Å². The summed E-state index contributed by atoms with van der Waals surface area (Å²) in [7, 11) is -4.01. The second kappa shape index (κ2) is 11.5. The normalized spacial score (nSPS) is 15.9. The number of amides is 3. The number of rotatable bonds is 10. The Morgan fingerprint density at radius 3 is 2.29 bits per heavy atom. The third kappa shape index (κ3) is 6.78. The van der Waals surface area contributed by atoms with E-state index in [1.165, 1.54) is 36.4 Å². The molecule has 3 aromatic carbocycles. The summed E-state index contributed by atoms with van der Waals surface area (Å²) < 4.78 is 28.2. The molecule has 2 atom stereocenters. The van der Waals surface area contributed by atoms with Crippen molar-refractivity contribution in [3.8, 4) is 0 Å². The highest BCUT2D eigenvalue weighted by Crippen LogP contribution is 2.24. The summed E-state index contributed by atoms with van der Waals surface area (Å²) in [5, 5.41) is 13.3. The molecule has 196 valence electrons. The average Bonchev–Trinajstić information content (AvgIpc) is 3.20. The van der Waals surface area contributed by atoms with E-state index in [0.717, 1.165) is 17.3 Å². The van der Waals surface area contributed by atoms with Crippen LogP contribution < -0.4 is 15.4 Å². The molecule has 0 radical (unpaired) electrons. The van der Waals surface area contributed by atoms with E-state index in [0.29, 0.717) is 5.56 Å². The van der Waals surface area contributed by atoms with Crippen molar-refractivity contribution in [1.29, 1.82) is 0 Å². The summed E-state index contributed by atoms with van der Waals surface area (Å²) in [5.41, 5.74) is 1.64. The molecule has 10 nitrogen and oxygen atoms in total. The van der Waals surface area contributed by atoms with Crippen LogP contribution in [-0.4, -0.2) is 47.8 Å². The van der Waals surface area contributed by atoms with E-state index >= 15 is 0 Å². The Labute approximate surface area is 222 Å². The van der Waals surface area contributed by atoms with Gasteiger partial charge in [0, 0.05) is 17.7 Å². The van der Waals surface area contributed by atoms with Gasteiger partial charge in [0.05, 0.1) is 10.1 Å². The topological polar surface area (TPSA) is 159 Å². The number of anilines is 1. The number of hydrogen-bond acceptors (Lipinski definition) is 7. The number of carbonyl (C=O) groups excluding carboxylic acids is 3. The van der Waals surface area contributed by atoms with E-state index in [2.05, 4.69) is 15.4 Å². The van der Waals surface area contributed by atoms with Gasteiger partial charge in [0.15, 0.2) is 0 Å². The molecule has 0 aliphatic carbocycles. The molecule has 1 aliphatic rings. The molecule has 0 saturated carbocycles. The first-order valence-electron chi connectivity index (χ1n) is 11.4. The molecule has 1 fully saturated rings. The number of imide groups is 1. The average molecular weight is 554 g/mol. The highest BCUT2D eigenvalue weighted by atomic mass is 32.2. The number of carboxylic acid groups (broad SMARTS) is 1. The molecule has 4 rings (SSSR count). The molecule has 3 aromatic rings. The van der Waals surface area contributed by atoms with Gasteiger partial charge in [0.25, 0.3) is 21.2 Å². The lowest BCUT2D eigenvalue weighted by atomic mass is 10.1. The van der Waals surface area contributed by atoms with Crippen LogP contribution in [0.25, 0.3) is 0 Å². The molecule has 1 heterocycles. The molecule has 4 N–H and O–H groups in total. The zero-order valence-corrected chi connectivity index (χ0v) is 21.4. The predicted octanol–water partition coefficient (Wildman–Crippen LogP) is 2.81. The Morgan fingerprint density at radius 1 is 0.947 bits per heavy atom. The number of carbonyl (C=O) groups is 4. The maximum Gasteiger partial charge on any atom is 0.326 e. The molecule has 0 bridgehead atoms. The number of aliphatic carboxylic acids is 1. The fraction of sp³-hybridized carbons (Fsp3) is 0.154. The van der Waals surface area contributed by atoms with Gasteiger partial charge in [-0.05, 0) is 47.9 Å². The van der Waals surface area contributed by atoms with E-state index < -0.39 is 38.4 Å². The van der Waals surface area contributed by atoms with Gasteiger partial charge < -0.3 is 10.4 Å². The van der Waals surface area contributed by atoms with Crippen LogP contribution in [0.3, 0.4) is 0 Å². The lowest BCUT2D eigenvalue weighted by molar-refractivity contribution is -0.139. The molecule has 0 aromatic heterocycles. The second-order valence-electron chi connectivity index (χ2n) is 8.47. The number of carboxylic acids is 1. The van der Waals surface area contributed by atoms with Crippen molar-refractivity contribution in [1.82, 2.24) is 10.6 Å². The summed E-state index contributed by atoms with van der Waals surface area (Å²) >= 11 is 0.893. The van der Waals surface area contributed by atoms with E-state index in [-0.39, 0.29) is 34.9 Å². The van der Waals surface area contributed by atoms with Gasteiger partial charge in [-0.1, -0.05) is 60.3 Å². The van der Waals surface area contributed by atoms with Gasteiger partial charge in [0.1, 0.15) is 6.04 Å². The Hall–Kier alpha value is -4.16. The maximum atomic E-state index is 12.9. The summed E-state index contributed by atoms with van der Waals surface area (Å²) in [5.74, 6) is -2.23. The summed E-state index contributed by atoms with van der Waals surface area (Å²) in [4.78, 5) is 47.5. The minimum Gasteiger partial charge on any atom is -0.480 e. The summed E-state index contributed by atoms with van der Waals surface area (Å²) in [6, 6.07) is 19.3. The Balaban J connectivity index is 1.42. The highest BCUT2D eigenvalue weighted by Gasteiger charge is 2.31. The van der Waals surface area contributed by atoms with Crippen molar-refractivity contribution in [2.45, 2.75) is 29.0 Å². The van der Waals surface area contributed by atoms with Crippen molar-refractivity contribution >= 4 is 50.5 Å². The van der Waals surface area contributed by atoms with Crippen LogP contribution >= 0.6 is 11.8 Å². The minimum absolute atomic E-state index is 0.0375. The number of sulfonamides is 1. The number of benzene rings is 3. The standard InChI is InChI=1S/C26H23N3O7S2/c30-23(27-21(25(32)33)13-16-5-2-1-3-6-16)18-7-4-8-19(15-18)29-38(35,36)20-11-9-17(10-12-20)14-22-24(31)28-26(34)37-22/h1-12,15,21-22,29H,13-14H2,(H,27,30)(H,32,33)(H,28,31,34)/t21-,22?/m0/s1. The molecule has 1 saturated heterocycles. The lowest BCUT2D eigenvalue weighted by Gasteiger charge is -2.15. The highest BCUT2D eigenvalue weighted by molar-refractivity contribution is 8.15. The smallest absolute Gasteiger partial charge is 0.326 e. The predicted molar refractivity (Wildman–Crippen MR) is 141 cm³/mol. The molecule has 1 unspecified atom stereocenters. The first-order valence-corrected chi connectivity index (χ1v) is 13.8. The third-order valence-electron chi connectivity index (χ3n) is 5.68. The van der Waals surface area contributed by atoms with E-state index in [9.17, 15) is 32.7 Å². The van der Waals surface area contributed by atoms with E-state index in [1.54, 1.807) is 42.5 Å². The number of nitrogens with one attached hydrogen (secondary N) is 3. The second-order valence-corrected chi connectivity index (χ2v) is 11.3. The van der Waals surface area contributed by atoms with Crippen LogP contribution in [0.5, 0.6) is 0 Å². The van der Waals surface area contributed by atoms with Crippen LogP contribution in [0.2, 0.25) is 0 Å². The molecule has 12 heteroatoms. The molecule has 0 spiro atoms. The largest absolute Gasteiger partial charge is 0.480 e. The zero-order valence-electron chi connectivity index (χ0n) is 19.8. The quantitative estimate of drug-likeness (QED) is 0.298. The van der Waals surface area contributed by atoms with Crippen LogP contribution in [0.1, 0.15) is 21.5 Å². The minimum atomic E-state index is -4.01. The fourth-order valence-electron chi connectivity index (χ4n) is 3.78. The molecular weight excluding hydrogens is 530 g/mol. The fourth-order valence-corrected chi connectivity index (χ4v) is 5.69. The summed E-state index contributed by atoms with van der Waals surface area (Å²) in [6.07, 6.45) is 0.361. The van der Waals surface area contributed by atoms with Gasteiger partial charge >= 0.3 is 5.97 Å². The number of thioether (sulfide) groups is 1. The van der Waals surface area contributed by atoms with Crippen molar-refractivity contribution in [3.63, 3.8) is 0 Å². The van der Waals surface area contributed by atoms with Gasteiger partial charge in [0.2, 0.25) is 5.91 Å².